The monoisotopic (exact) mass is 210 g/mol. The number of hydrogen-bond donors (Lipinski definition) is 3. The van der Waals surface area contributed by atoms with Crippen LogP contribution in [0.5, 0.6) is 0 Å². The zero-order chi connectivity index (χ0) is 11.0. The quantitative estimate of drug-likeness (QED) is 0.295. The second kappa shape index (κ2) is 6.57. The van der Waals surface area contributed by atoms with Gasteiger partial charge >= 0.3 is 7.60 Å². The van der Waals surface area contributed by atoms with E-state index in [1.807, 2.05) is 0 Å². The van der Waals surface area contributed by atoms with Crippen LogP contribution in [0.1, 0.15) is 12.8 Å². The molecule has 0 aliphatic heterocycles. The maximum absolute atomic E-state index is 10.5. The summed E-state index contributed by atoms with van der Waals surface area (Å²) in [5, 5.41) is 4.08. The molecule has 2 radical (unpaired) electrons. The number of aliphatic hydroxyl groups is 1. The van der Waals surface area contributed by atoms with Crippen LogP contribution in [0.3, 0.4) is 0 Å². The van der Waals surface area contributed by atoms with E-state index in [4.69, 9.17) is 23.8 Å². The maximum Gasteiger partial charge on any atom is 0.350 e. The van der Waals surface area contributed by atoms with Crippen molar-refractivity contribution in [1.29, 1.82) is 1.43 Å². The van der Waals surface area contributed by atoms with Gasteiger partial charge in [-0.05, 0) is 12.8 Å². The highest BCUT2D eigenvalue weighted by atomic mass is 31.2. The van der Waals surface area contributed by atoms with Gasteiger partial charge in [0.05, 0.1) is 14.0 Å². The van der Waals surface area contributed by atoms with Gasteiger partial charge in [-0.25, -0.2) is 0 Å². The molecule has 3 N–H and O–H groups in total. The van der Waals surface area contributed by atoms with Crippen LogP contribution in [0.25, 0.3) is 0 Å². The van der Waals surface area contributed by atoms with Crippen molar-refractivity contribution in [3.8, 4) is 0 Å². The summed E-state index contributed by atoms with van der Waals surface area (Å²) in [6.45, 7) is 0.260. The molecule has 1 unspecified atom stereocenters. The Morgan fingerprint density at radius 3 is 2.77 bits per heavy atom. The molecule has 0 aromatic carbocycles. The third-order valence-electron chi connectivity index (χ3n) is 1.41. The van der Waals surface area contributed by atoms with Gasteiger partial charge in [0.2, 0.25) is 1.43 Å². The highest BCUT2D eigenvalue weighted by molar-refractivity contribution is 7.51. The summed E-state index contributed by atoms with van der Waals surface area (Å²) in [5.74, 6) is 0. The fraction of sp³-hybridized carbons (Fsp3) is 1.00. The molecule has 7 heteroatoms. The van der Waals surface area contributed by atoms with Crippen molar-refractivity contribution in [1.82, 2.24) is 0 Å². The molecule has 0 aromatic rings. The highest BCUT2D eigenvalue weighted by Crippen LogP contribution is 2.34. The molecule has 0 heterocycles. The summed E-state index contributed by atoms with van der Waals surface area (Å²) in [4.78, 5) is 17.0. The molecule has 0 aliphatic rings. The zero-order valence-electron chi connectivity index (χ0n) is 8.26. The first kappa shape index (κ1) is 11.2. The lowest BCUT2D eigenvalue weighted by Crippen LogP contribution is -2.13. The molecule has 0 aliphatic carbocycles. The molecule has 0 bridgehead atoms. The lowest BCUT2D eigenvalue weighted by molar-refractivity contribution is 0.0768. The van der Waals surface area contributed by atoms with Crippen molar-refractivity contribution in [3.05, 3.63) is 0 Å². The summed E-state index contributed by atoms with van der Waals surface area (Å²) in [6, 6.07) is 0. The molecule has 0 amide bonds. The topological polar surface area (TPSA) is 87.0 Å². The highest BCUT2D eigenvalue weighted by Gasteiger charge is 2.16. The van der Waals surface area contributed by atoms with Crippen molar-refractivity contribution in [3.63, 3.8) is 0 Å². The van der Waals surface area contributed by atoms with Crippen molar-refractivity contribution < 1.29 is 24.2 Å². The normalized spacial score (nSPS) is 15.4. The maximum atomic E-state index is 10.5. The third-order valence-corrected chi connectivity index (χ3v) is 1.90. The summed E-state index contributed by atoms with van der Waals surface area (Å²) < 4.78 is 21.8. The molecular formula is C6H14BO5P. The van der Waals surface area contributed by atoms with Crippen molar-refractivity contribution in [2.24, 2.45) is 0 Å². The van der Waals surface area contributed by atoms with E-state index >= 15 is 0 Å². The first-order chi connectivity index (χ1) is 6.49. The van der Waals surface area contributed by atoms with Crippen LogP contribution in [0.2, 0.25) is 6.32 Å². The molecule has 1 atom stereocenters. The lowest BCUT2D eigenvalue weighted by Gasteiger charge is -2.15. The van der Waals surface area contributed by atoms with Gasteiger partial charge < -0.3 is 19.6 Å². The predicted molar refractivity (Wildman–Crippen MR) is 48.7 cm³/mol. The van der Waals surface area contributed by atoms with Crippen molar-refractivity contribution >= 4 is 15.4 Å². The molecule has 5 nitrogen and oxygen atoms in total. The molecule has 0 spiro atoms. The Morgan fingerprint density at radius 2 is 2.31 bits per heavy atom. The van der Waals surface area contributed by atoms with Gasteiger partial charge in [-0.3, -0.25) is 4.57 Å². The first-order valence-electron chi connectivity index (χ1n) is 4.34. The van der Waals surface area contributed by atoms with Crippen LogP contribution < -0.4 is 0 Å². The second-order valence-corrected chi connectivity index (χ2v) is 4.25. The predicted octanol–water partition coefficient (Wildman–Crippen LogP) is -0.134. The van der Waals surface area contributed by atoms with Gasteiger partial charge in [-0.2, -0.15) is 0 Å². The molecule has 0 fully saturated rings. The average Bonchev–Trinajstić information content (AvgIpc) is 2.09. The number of aliphatic hydroxyl groups excluding tert-OH is 1. The van der Waals surface area contributed by atoms with Crippen molar-refractivity contribution in [2.45, 2.75) is 25.3 Å². The number of ether oxygens (including phenoxy) is 1. The molecule has 0 saturated heterocycles. The van der Waals surface area contributed by atoms with Gasteiger partial charge in [0.25, 0.3) is 0 Å². The molecule has 13 heavy (non-hydrogen) atoms. The van der Waals surface area contributed by atoms with Crippen LogP contribution in [0, 0.1) is 0 Å². The Balaban J connectivity index is 3.63. The summed E-state index contributed by atoms with van der Waals surface area (Å²) in [7, 11) is 1.20. The smallest absolute Gasteiger partial charge is 0.350 e. The molecule has 0 aromatic heterocycles. The van der Waals surface area contributed by atoms with Crippen LogP contribution >= 0.6 is 7.60 Å². The van der Waals surface area contributed by atoms with Crippen LogP contribution in [-0.2, 0) is 9.30 Å². The minimum Gasteiger partial charge on any atom is -0.396 e. The Labute approximate surface area is 80.2 Å². The van der Waals surface area contributed by atoms with E-state index in [0.29, 0.717) is 12.8 Å². The third kappa shape index (κ3) is 8.46. The first-order valence-corrected chi connectivity index (χ1v) is 5.73. The van der Waals surface area contributed by atoms with E-state index in [0.717, 1.165) is 0 Å². The molecule has 0 rings (SSSR count). The van der Waals surface area contributed by atoms with Gasteiger partial charge in [-0.1, -0.05) is 6.32 Å². The van der Waals surface area contributed by atoms with Crippen molar-refractivity contribution in [2.75, 3.05) is 13.0 Å². The van der Waals surface area contributed by atoms with Gasteiger partial charge in [-0.15, -0.1) is 0 Å². The SMILES string of the molecule is [3H]OCCCC(C[B])OCP(=O)(O)O. The fourth-order valence-electron chi connectivity index (χ4n) is 0.783. The fourth-order valence-corrected chi connectivity index (χ4v) is 1.19. The van der Waals surface area contributed by atoms with E-state index in [1.165, 1.54) is 0 Å². The summed E-state index contributed by atoms with van der Waals surface area (Å²) in [6.07, 6.45) is 0.286. The second-order valence-electron chi connectivity index (χ2n) is 2.66. The van der Waals surface area contributed by atoms with Gasteiger partial charge in [0, 0.05) is 6.61 Å². The average molecular weight is 210 g/mol. The minimum atomic E-state index is -4.12. The minimum absolute atomic E-state index is 0.192. The Hall–Kier alpha value is 0.135. The van der Waals surface area contributed by atoms with E-state index in [1.54, 1.807) is 0 Å². The summed E-state index contributed by atoms with van der Waals surface area (Å²) in [5.41, 5.74) is 0. The molecule has 76 valence electrons. The van der Waals surface area contributed by atoms with Crippen LogP contribution in [0.15, 0.2) is 0 Å². The zero-order valence-corrected chi connectivity index (χ0v) is 8.15. The number of hydrogen-bond acceptors (Lipinski definition) is 3. The van der Waals surface area contributed by atoms with Gasteiger partial charge in [0.15, 0.2) is 0 Å². The Morgan fingerprint density at radius 1 is 1.62 bits per heavy atom. The Kier molecular flexibility index (Phi) is 5.66. The van der Waals surface area contributed by atoms with E-state index < -0.39 is 20.0 Å². The van der Waals surface area contributed by atoms with E-state index in [9.17, 15) is 4.57 Å². The number of rotatable bonds is 8. The largest absolute Gasteiger partial charge is 0.396 e. The summed E-state index contributed by atoms with van der Waals surface area (Å²) >= 11 is 0. The lowest BCUT2D eigenvalue weighted by atomic mass is 9.96. The van der Waals surface area contributed by atoms with E-state index in [2.05, 4.69) is 5.11 Å². The van der Waals surface area contributed by atoms with Crippen LogP contribution in [-0.4, -0.2) is 43.2 Å². The Bertz CT molecular complexity index is 187. The van der Waals surface area contributed by atoms with Crippen LogP contribution in [0.4, 0.5) is 0 Å². The van der Waals surface area contributed by atoms with Gasteiger partial charge in [0.1, 0.15) is 6.35 Å². The standard InChI is InChI=1S/C6H14BO5P/c7-4-6(2-1-3-8)12-5-13(9,10)11/h6,8H,1-5H2,(H2,9,10,11)/i8T. The molecule has 0 saturated carbocycles. The molecular weight excluding hydrogens is 194 g/mol. The van der Waals surface area contributed by atoms with E-state index in [-0.39, 0.29) is 12.9 Å².